The molecule has 0 saturated carbocycles. The molecule has 0 amide bonds. The molecule has 0 aliphatic carbocycles. The summed E-state index contributed by atoms with van der Waals surface area (Å²) >= 11 is 8.04. The van der Waals surface area contributed by atoms with E-state index in [1.165, 1.54) is 11.3 Å². The van der Waals surface area contributed by atoms with E-state index < -0.39 is 10.0 Å². The molecule has 108 valence electrons. The fourth-order valence-electron chi connectivity index (χ4n) is 2.20. The Hall–Kier alpha value is 0.530. The zero-order valence-corrected chi connectivity index (χ0v) is 15.3. The smallest absolute Gasteiger partial charge is 0.245 e. The molecular formula is C11H16Br2N2O2S2. The number of likely N-dealkylation sites (N-methyl/N-ethyl adjacent to an activating group) is 1. The van der Waals surface area contributed by atoms with Gasteiger partial charge in [-0.3, -0.25) is 0 Å². The summed E-state index contributed by atoms with van der Waals surface area (Å²) in [5.41, 5.74) is 0. The highest BCUT2D eigenvalue weighted by molar-refractivity contribution is 9.12. The SMILES string of the molecule is CCN(CC1CCCN1)S(=O)(=O)c1cc(Br)sc1Br. The molecule has 1 fully saturated rings. The molecule has 1 unspecified atom stereocenters. The van der Waals surface area contributed by atoms with Crippen LogP contribution in [0.4, 0.5) is 0 Å². The minimum absolute atomic E-state index is 0.274. The topological polar surface area (TPSA) is 49.4 Å². The Kier molecular flexibility index (Phi) is 5.47. The Morgan fingerprint density at radius 1 is 1.53 bits per heavy atom. The van der Waals surface area contributed by atoms with Crippen LogP contribution in [0.3, 0.4) is 0 Å². The number of halogens is 2. The van der Waals surface area contributed by atoms with Crippen molar-refractivity contribution in [1.82, 2.24) is 9.62 Å². The van der Waals surface area contributed by atoms with Crippen LogP contribution < -0.4 is 5.32 Å². The van der Waals surface area contributed by atoms with E-state index in [0.29, 0.717) is 21.8 Å². The molecule has 1 atom stereocenters. The monoisotopic (exact) mass is 430 g/mol. The Labute approximate surface area is 134 Å². The quantitative estimate of drug-likeness (QED) is 0.779. The third-order valence-corrected chi connectivity index (χ3v) is 7.88. The van der Waals surface area contributed by atoms with Crippen LogP contribution in [0.25, 0.3) is 0 Å². The van der Waals surface area contributed by atoms with Crippen molar-refractivity contribution in [2.45, 2.75) is 30.7 Å². The lowest BCUT2D eigenvalue weighted by Gasteiger charge is -2.23. The Bertz CT molecular complexity index is 539. The van der Waals surface area contributed by atoms with Crippen molar-refractivity contribution in [2.24, 2.45) is 0 Å². The fourth-order valence-corrected chi connectivity index (χ4v) is 7.45. The standard InChI is InChI=1S/C11H16Br2N2O2S2/c1-2-15(7-8-4-3-5-14-8)19(16,17)9-6-10(12)18-11(9)13/h6,8,14H,2-5,7H2,1H3. The molecule has 19 heavy (non-hydrogen) atoms. The summed E-state index contributed by atoms with van der Waals surface area (Å²) in [5, 5.41) is 3.34. The van der Waals surface area contributed by atoms with E-state index in [4.69, 9.17) is 0 Å². The maximum absolute atomic E-state index is 12.6. The summed E-state index contributed by atoms with van der Waals surface area (Å²) in [6.07, 6.45) is 2.16. The van der Waals surface area contributed by atoms with E-state index in [-0.39, 0.29) is 6.04 Å². The number of thiophene rings is 1. The number of rotatable bonds is 5. The summed E-state index contributed by atoms with van der Waals surface area (Å²) in [5.74, 6) is 0. The lowest BCUT2D eigenvalue weighted by molar-refractivity contribution is 0.383. The largest absolute Gasteiger partial charge is 0.313 e. The average Bonchev–Trinajstić information content (AvgIpc) is 2.95. The summed E-state index contributed by atoms with van der Waals surface area (Å²) in [4.78, 5) is 0.351. The second kappa shape index (κ2) is 6.53. The molecule has 1 aliphatic rings. The number of hydrogen-bond donors (Lipinski definition) is 1. The van der Waals surface area contributed by atoms with Crippen molar-refractivity contribution in [2.75, 3.05) is 19.6 Å². The van der Waals surface area contributed by atoms with E-state index in [0.717, 1.165) is 23.2 Å². The van der Waals surface area contributed by atoms with Crippen LogP contribution in [0.2, 0.25) is 0 Å². The summed E-state index contributed by atoms with van der Waals surface area (Å²) in [6, 6.07) is 1.94. The van der Waals surface area contributed by atoms with Gasteiger partial charge >= 0.3 is 0 Å². The maximum atomic E-state index is 12.6. The van der Waals surface area contributed by atoms with Gasteiger partial charge in [0, 0.05) is 19.1 Å². The van der Waals surface area contributed by atoms with Crippen LogP contribution in [0.5, 0.6) is 0 Å². The first-order chi connectivity index (χ1) is 8.95. The van der Waals surface area contributed by atoms with Crippen molar-refractivity contribution in [3.8, 4) is 0 Å². The van der Waals surface area contributed by atoms with Crippen LogP contribution in [-0.2, 0) is 10.0 Å². The molecule has 0 aromatic carbocycles. The Morgan fingerprint density at radius 2 is 2.26 bits per heavy atom. The van der Waals surface area contributed by atoms with Crippen molar-refractivity contribution in [3.05, 3.63) is 13.6 Å². The maximum Gasteiger partial charge on any atom is 0.245 e. The van der Waals surface area contributed by atoms with Crippen LogP contribution in [0.1, 0.15) is 19.8 Å². The minimum Gasteiger partial charge on any atom is -0.313 e. The van der Waals surface area contributed by atoms with Gasteiger partial charge in [-0.25, -0.2) is 8.42 Å². The van der Waals surface area contributed by atoms with E-state index in [2.05, 4.69) is 37.2 Å². The van der Waals surface area contributed by atoms with Gasteiger partial charge in [0.15, 0.2) is 0 Å². The summed E-state index contributed by atoms with van der Waals surface area (Å²) < 4.78 is 28.3. The van der Waals surface area contributed by atoms with Crippen LogP contribution in [0, 0.1) is 0 Å². The van der Waals surface area contributed by atoms with Gasteiger partial charge in [-0.05, 0) is 57.3 Å². The minimum atomic E-state index is -3.42. The fraction of sp³-hybridized carbons (Fsp3) is 0.636. The lowest BCUT2D eigenvalue weighted by Crippen LogP contribution is -2.40. The van der Waals surface area contributed by atoms with E-state index >= 15 is 0 Å². The van der Waals surface area contributed by atoms with E-state index in [9.17, 15) is 8.42 Å². The number of hydrogen-bond acceptors (Lipinski definition) is 4. The zero-order valence-electron chi connectivity index (χ0n) is 10.5. The summed E-state index contributed by atoms with van der Waals surface area (Å²) in [7, 11) is -3.42. The van der Waals surface area contributed by atoms with Crippen molar-refractivity contribution < 1.29 is 8.42 Å². The summed E-state index contributed by atoms with van der Waals surface area (Å²) in [6.45, 7) is 3.89. The molecule has 2 rings (SSSR count). The first kappa shape index (κ1) is 15.9. The van der Waals surface area contributed by atoms with Crippen LogP contribution in [-0.4, -0.2) is 38.4 Å². The molecule has 0 bridgehead atoms. The molecule has 4 nitrogen and oxygen atoms in total. The molecule has 0 spiro atoms. The molecule has 1 aliphatic heterocycles. The molecule has 1 N–H and O–H groups in total. The van der Waals surface area contributed by atoms with Crippen molar-refractivity contribution in [1.29, 1.82) is 0 Å². The van der Waals surface area contributed by atoms with Gasteiger partial charge in [0.25, 0.3) is 0 Å². The number of nitrogens with zero attached hydrogens (tertiary/aromatic N) is 1. The molecule has 0 radical (unpaired) electrons. The van der Waals surface area contributed by atoms with Gasteiger partial charge in [0.05, 0.1) is 7.57 Å². The van der Waals surface area contributed by atoms with Crippen LogP contribution in [0.15, 0.2) is 18.5 Å². The molecule has 2 heterocycles. The first-order valence-corrected chi connectivity index (χ1v) is 9.97. The predicted octanol–water partition coefficient (Wildman–Crippen LogP) is 3.04. The van der Waals surface area contributed by atoms with Gasteiger partial charge in [-0.15, -0.1) is 11.3 Å². The molecule has 1 saturated heterocycles. The average molecular weight is 432 g/mol. The van der Waals surface area contributed by atoms with Gasteiger partial charge in [0.1, 0.15) is 4.90 Å². The van der Waals surface area contributed by atoms with Gasteiger partial charge in [-0.2, -0.15) is 4.31 Å². The third-order valence-electron chi connectivity index (χ3n) is 3.18. The van der Waals surface area contributed by atoms with Crippen molar-refractivity contribution in [3.63, 3.8) is 0 Å². The van der Waals surface area contributed by atoms with Gasteiger partial charge in [-0.1, -0.05) is 6.92 Å². The van der Waals surface area contributed by atoms with Gasteiger partial charge in [0.2, 0.25) is 10.0 Å². The van der Waals surface area contributed by atoms with Crippen LogP contribution >= 0.6 is 43.2 Å². The zero-order chi connectivity index (χ0) is 14.0. The van der Waals surface area contributed by atoms with Gasteiger partial charge < -0.3 is 5.32 Å². The highest BCUT2D eigenvalue weighted by Gasteiger charge is 2.29. The third kappa shape index (κ3) is 3.59. The second-order valence-electron chi connectivity index (χ2n) is 4.44. The Balaban J connectivity index is 2.22. The number of nitrogens with one attached hydrogen (secondary N) is 1. The number of sulfonamides is 1. The first-order valence-electron chi connectivity index (χ1n) is 6.13. The normalized spacial score (nSPS) is 20.3. The molecule has 8 heteroatoms. The van der Waals surface area contributed by atoms with E-state index in [1.807, 2.05) is 6.92 Å². The van der Waals surface area contributed by atoms with Crippen molar-refractivity contribution >= 4 is 53.2 Å². The second-order valence-corrected chi connectivity index (χ2v) is 10.1. The highest BCUT2D eigenvalue weighted by Crippen LogP contribution is 2.36. The predicted molar refractivity (Wildman–Crippen MR) is 85.2 cm³/mol. The lowest BCUT2D eigenvalue weighted by atomic mass is 10.2. The molecule has 1 aromatic heterocycles. The molecular weight excluding hydrogens is 416 g/mol. The highest BCUT2D eigenvalue weighted by atomic mass is 79.9. The van der Waals surface area contributed by atoms with E-state index in [1.54, 1.807) is 10.4 Å². The Morgan fingerprint density at radius 3 is 2.74 bits per heavy atom. The molecule has 1 aromatic rings.